The third-order valence-corrected chi connectivity index (χ3v) is 5.71. The fourth-order valence-electron chi connectivity index (χ4n) is 4.51. The molecule has 0 amide bonds. The van der Waals surface area contributed by atoms with Gasteiger partial charge in [-0.1, -0.05) is 24.9 Å². The Kier molecular flexibility index (Phi) is 7.58. The molecule has 1 aromatic rings. The number of guanidine groups is 1. The van der Waals surface area contributed by atoms with Crippen LogP contribution in [0.3, 0.4) is 0 Å². The van der Waals surface area contributed by atoms with Crippen LogP contribution in [0.5, 0.6) is 0 Å². The molecule has 5 nitrogen and oxygen atoms in total. The van der Waals surface area contributed by atoms with Crippen molar-refractivity contribution >= 4 is 29.9 Å². The van der Waals surface area contributed by atoms with Crippen LogP contribution in [0.1, 0.15) is 62.5 Å². The van der Waals surface area contributed by atoms with Crippen LogP contribution < -0.4 is 5.32 Å². The summed E-state index contributed by atoms with van der Waals surface area (Å²) in [6.07, 6.45) is 5.61. The van der Waals surface area contributed by atoms with Crippen molar-refractivity contribution in [2.24, 2.45) is 16.8 Å². The molecule has 1 aliphatic heterocycles. The zero-order chi connectivity index (χ0) is 17.1. The molecule has 3 rings (SSSR count). The van der Waals surface area contributed by atoms with Crippen molar-refractivity contribution in [3.8, 4) is 0 Å². The van der Waals surface area contributed by atoms with Gasteiger partial charge in [-0.15, -0.1) is 24.0 Å². The lowest BCUT2D eigenvalue weighted by molar-refractivity contribution is 0.299. The van der Waals surface area contributed by atoms with Gasteiger partial charge in [0.2, 0.25) is 0 Å². The minimum Gasteiger partial charge on any atom is -0.361 e. The average molecular weight is 460 g/mol. The third kappa shape index (κ3) is 4.68. The molecule has 0 aromatic carbocycles. The number of likely N-dealkylation sites (tertiary alicyclic amines) is 1. The summed E-state index contributed by atoms with van der Waals surface area (Å²) < 4.78 is 5.31. The molecule has 1 saturated carbocycles. The quantitative estimate of drug-likeness (QED) is 0.418. The van der Waals surface area contributed by atoms with Crippen molar-refractivity contribution in [2.75, 3.05) is 26.2 Å². The molecule has 0 spiro atoms. The number of halogens is 1. The smallest absolute Gasteiger partial charge is 0.193 e. The molecule has 1 saturated heterocycles. The SMILES string of the molecule is CCNC(=NCC(C)c1c(C)noc1C)N1CC2CCCCC2C1.I. The number of nitrogens with zero attached hydrogens (tertiary/aromatic N) is 3. The molecule has 3 atom stereocenters. The number of fused-ring (bicyclic) bond motifs is 1. The zero-order valence-corrected chi connectivity index (χ0v) is 18.4. The van der Waals surface area contributed by atoms with Crippen molar-refractivity contribution in [3.63, 3.8) is 0 Å². The Balaban J connectivity index is 0.00000225. The molecule has 142 valence electrons. The number of aryl methyl sites for hydroxylation is 2. The monoisotopic (exact) mass is 460 g/mol. The van der Waals surface area contributed by atoms with Gasteiger partial charge in [-0.05, 0) is 45.4 Å². The Morgan fingerprint density at radius 2 is 1.92 bits per heavy atom. The Bertz CT molecular complexity index is 552. The first-order valence-corrected chi connectivity index (χ1v) is 9.56. The fraction of sp³-hybridized carbons (Fsp3) is 0.789. The highest BCUT2D eigenvalue weighted by molar-refractivity contribution is 14.0. The molecule has 0 bridgehead atoms. The summed E-state index contributed by atoms with van der Waals surface area (Å²) in [7, 11) is 0. The van der Waals surface area contributed by atoms with Gasteiger partial charge in [0.1, 0.15) is 5.76 Å². The lowest BCUT2D eigenvalue weighted by Gasteiger charge is -2.22. The predicted molar refractivity (Wildman–Crippen MR) is 113 cm³/mol. The van der Waals surface area contributed by atoms with Crippen LogP contribution in [0.15, 0.2) is 9.52 Å². The van der Waals surface area contributed by atoms with Crippen molar-refractivity contribution in [2.45, 2.75) is 59.3 Å². The summed E-state index contributed by atoms with van der Waals surface area (Å²) >= 11 is 0. The highest BCUT2D eigenvalue weighted by Gasteiger charge is 2.35. The maximum atomic E-state index is 5.31. The van der Waals surface area contributed by atoms with Gasteiger partial charge in [0.05, 0.1) is 5.69 Å². The molecule has 0 radical (unpaired) electrons. The molecular formula is C19H33IN4O. The van der Waals surface area contributed by atoms with Crippen LogP contribution in [0.4, 0.5) is 0 Å². The second kappa shape index (κ2) is 9.24. The van der Waals surface area contributed by atoms with Gasteiger partial charge in [-0.25, -0.2) is 0 Å². The van der Waals surface area contributed by atoms with E-state index in [4.69, 9.17) is 9.52 Å². The van der Waals surface area contributed by atoms with Crippen LogP contribution in [-0.2, 0) is 0 Å². The second-order valence-electron chi connectivity index (χ2n) is 7.54. The minimum absolute atomic E-state index is 0. The fourth-order valence-corrected chi connectivity index (χ4v) is 4.51. The van der Waals surface area contributed by atoms with Crippen molar-refractivity contribution in [3.05, 3.63) is 17.0 Å². The molecule has 25 heavy (non-hydrogen) atoms. The molecular weight excluding hydrogens is 427 g/mol. The van der Waals surface area contributed by atoms with Gasteiger partial charge in [0.15, 0.2) is 5.96 Å². The molecule has 1 aliphatic carbocycles. The summed E-state index contributed by atoms with van der Waals surface area (Å²) in [4.78, 5) is 7.44. The first kappa shape index (κ1) is 20.5. The lowest BCUT2D eigenvalue weighted by atomic mass is 9.82. The summed E-state index contributed by atoms with van der Waals surface area (Å²) in [6, 6.07) is 0. The third-order valence-electron chi connectivity index (χ3n) is 5.71. The van der Waals surface area contributed by atoms with Crippen LogP contribution in [0, 0.1) is 25.7 Å². The van der Waals surface area contributed by atoms with Gasteiger partial charge in [-0.3, -0.25) is 4.99 Å². The van der Waals surface area contributed by atoms with Gasteiger partial charge in [-0.2, -0.15) is 0 Å². The first-order chi connectivity index (χ1) is 11.6. The first-order valence-electron chi connectivity index (χ1n) is 9.56. The molecule has 2 heterocycles. The van der Waals surface area contributed by atoms with Crippen molar-refractivity contribution in [1.29, 1.82) is 0 Å². The molecule has 3 unspecified atom stereocenters. The number of hydrogen-bond donors (Lipinski definition) is 1. The van der Waals surface area contributed by atoms with E-state index in [2.05, 4.69) is 29.2 Å². The Morgan fingerprint density at radius 3 is 2.44 bits per heavy atom. The number of rotatable bonds is 4. The summed E-state index contributed by atoms with van der Waals surface area (Å²) in [6.45, 7) is 12.4. The van der Waals surface area contributed by atoms with Crippen LogP contribution in [0.2, 0.25) is 0 Å². The lowest BCUT2D eigenvalue weighted by Crippen LogP contribution is -2.40. The maximum Gasteiger partial charge on any atom is 0.193 e. The highest BCUT2D eigenvalue weighted by Crippen LogP contribution is 2.36. The topological polar surface area (TPSA) is 53.7 Å². The van der Waals surface area contributed by atoms with Gasteiger partial charge >= 0.3 is 0 Å². The van der Waals surface area contributed by atoms with Crippen molar-refractivity contribution < 1.29 is 4.52 Å². The van der Waals surface area contributed by atoms with Crippen LogP contribution >= 0.6 is 24.0 Å². The average Bonchev–Trinajstić information content (AvgIpc) is 3.14. The molecule has 2 aliphatic rings. The van der Waals surface area contributed by atoms with Gasteiger partial charge in [0, 0.05) is 37.7 Å². The van der Waals surface area contributed by atoms with E-state index in [0.717, 1.165) is 42.3 Å². The minimum atomic E-state index is 0. The predicted octanol–water partition coefficient (Wildman–Crippen LogP) is 4.10. The van der Waals surface area contributed by atoms with E-state index in [1.54, 1.807) is 0 Å². The Morgan fingerprint density at radius 1 is 1.28 bits per heavy atom. The van der Waals surface area contributed by atoms with E-state index in [1.165, 1.54) is 44.3 Å². The molecule has 1 aromatic heterocycles. The molecule has 1 N–H and O–H groups in total. The second-order valence-corrected chi connectivity index (χ2v) is 7.54. The number of aliphatic imine (C=N–C) groups is 1. The van der Waals surface area contributed by atoms with E-state index in [1.807, 2.05) is 13.8 Å². The molecule has 6 heteroatoms. The highest BCUT2D eigenvalue weighted by atomic mass is 127. The number of nitrogens with one attached hydrogen (secondary N) is 1. The largest absolute Gasteiger partial charge is 0.361 e. The molecule has 2 fully saturated rings. The zero-order valence-electron chi connectivity index (χ0n) is 16.0. The summed E-state index contributed by atoms with van der Waals surface area (Å²) in [5.74, 6) is 4.10. The maximum absolute atomic E-state index is 5.31. The van der Waals surface area contributed by atoms with E-state index >= 15 is 0 Å². The van der Waals surface area contributed by atoms with E-state index in [9.17, 15) is 0 Å². The summed E-state index contributed by atoms with van der Waals surface area (Å²) in [5.41, 5.74) is 2.21. The van der Waals surface area contributed by atoms with E-state index in [0.29, 0.717) is 5.92 Å². The normalized spacial score (nSPS) is 24.6. The van der Waals surface area contributed by atoms with Gasteiger partial charge < -0.3 is 14.7 Å². The number of hydrogen-bond acceptors (Lipinski definition) is 3. The van der Waals surface area contributed by atoms with E-state index < -0.39 is 0 Å². The number of aromatic nitrogens is 1. The summed E-state index contributed by atoms with van der Waals surface area (Å²) in [5, 5.41) is 7.58. The Labute approximate surface area is 169 Å². The van der Waals surface area contributed by atoms with Crippen LogP contribution in [0.25, 0.3) is 0 Å². The van der Waals surface area contributed by atoms with Gasteiger partial charge in [0.25, 0.3) is 0 Å². The van der Waals surface area contributed by atoms with Crippen molar-refractivity contribution in [1.82, 2.24) is 15.4 Å². The Hall–Kier alpha value is -0.790. The van der Waals surface area contributed by atoms with Crippen LogP contribution in [-0.4, -0.2) is 42.2 Å². The standard InChI is InChI=1S/C19H32N4O.HI/c1-5-20-19(23-11-16-8-6-7-9-17(16)12-23)21-10-13(2)18-14(3)22-24-15(18)4;/h13,16-17H,5-12H2,1-4H3,(H,20,21);1H. The van der Waals surface area contributed by atoms with E-state index in [-0.39, 0.29) is 24.0 Å².